The van der Waals surface area contributed by atoms with E-state index in [1.54, 1.807) is 22.9 Å². The molecular formula is C4H5IN4O2. The van der Waals surface area contributed by atoms with Crippen LogP contribution in [0.25, 0.3) is 0 Å². The van der Waals surface area contributed by atoms with Crippen LogP contribution in [0, 0.1) is 0 Å². The van der Waals surface area contributed by atoms with E-state index in [-0.39, 0.29) is 5.82 Å². The lowest BCUT2D eigenvalue weighted by molar-refractivity contribution is 0.0975. The van der Waals surface area contributed by atoms with E-state index < -0.39 is 11.6 Å². The Bertz CT molecular complexity index is 327. The molecule has 0 aliphatic rings. The minimum Gasteiger partial charge on any atom is -0.292 e. The number of aryl methyl sites for hydroxylation is 1. The molecule has 1 aromatic heterocycles. The van der Waals surface area contributed by atoms with E-state index in [2.05, 4.69) is 13.6 Å². The second-order valence-electron chi connectivity index (χ2n) is 1.83. The van der Waals surface area contributed by atoms with Gasteiger partial charge in [-0.1, -0.05) is 0 Å². The number of nitrogens with one attached hydrogen (secondary N) is 2. The van der Waals surface area contributed by atoms with Gasteiger partial charge in [-0.15, -0.1) is 0 Å². The predicted octanol–water partition coefficient (Wildman–Crippen LogP) is -0.812. The summed E-state index contributed by atoms with van der Waals surface area (Å²) in [6.45, 7) is 0. The summed E-state index contributed by atoms with van der Waals surface area (Å²) in [5.41, 5.74) is -0.525. The van der Waals surface area contributed by atoms with Crippen LogP contribution in [0.4, 0.5) is 0 Å². The maximum absolute atomic E-state index is 10.9. The molecule has 0 aliphatic carbocycles. The summed E-state index contributed by atoms with van der Waals surface area (Å²) >= 11 is 1.67. The summed E-state index contributed by atoms with van der Waals surface area (Å²) in [5, 5.41) is 2.31. The van der Waals surface area contributed by atoms with Crippen molar-refractivity contribution in [3.63, 3.8) is 0 Å². The third kappa shape index (κ3) is 1.59. The highest BCUT2D eigenvalue weighted by atomic mass is 127. The van der Waals surface area contributed by atoms with Gasteiger partial charge in [0.1, 0.15) is 0 Å². The number of nitrogens with zero attached hydrogens (tertiary/aromatic N) is 2. The number of amides is 1. The fraction of sp³-hybridized carbons (Fsp3) is 0.250. The number of hydrogen-bond donors (Lipinski definition) is 2. The Kier molecular flexibility index (Phi) is 2.27. The molecule has 0 aliphatic heterocycles. The first-order chi connectivity index (χ1) is 5.15. The maximum Gasteiger partial charge on any atom is 0.361 e. The first kappa shape index (κ1) is 8.24. The molecule has 2 N–H and O–H groups in total. The van der Waals surface area contributed by atoms with E-state index in [1.807, 2.05) is 0 Å². The summed E-state index contributed by atoms with van der Waals surface area (Å²) in [7, 11) is 1.54. The molecule has 0 fully saturated rings. The molecule has 6 nitrogen and oxygen atoms in total. The van der Waals surface area contributed by atoms with Gasteiger partial charge >= 0.3 is 5.69 Å². The second kappa shape index (κ2) is 3.03. The van der Waals surface area contributed by atoms with Gasteiger partial charge in [-0.2, -0.15) is 4.98 Å². The fourth-order valence-corrected chi connectivity index (χ4v) is 0.879. The molecule has 1 aromatic rings. The van der Waals surface area contributed by atoms with Crippen molar-refractivity contribution in [2.24, 2.45) is 7.05 Å². The topological polar surface area (TPSA) is 79.8 Å². The van der Waals surface area contributed by atoms with E-state index in [4.69, 9.17) is 0 Å². The molecule has 1 heterocycles. The van der Waals surface area contributed by atoms with Crippen molar-refractivity contribution in [3.8, 4) is 0 Å². The number of carbonyl (C=O) groups is 1. The molecule has 11 heavy (non-hydrogen) atoms. The van der Waals surface area contributed by atoms with Crippen molar-refractivity contribution in [1.82, 2.24) is 18.3 Å². The Balaban J connectivity index is 3.13. The Morgan fingerprint density at radius 3 is 2.82 bits per heavy atom. The minimum absolute atomic E-state index is 0.0735. The van der Waals surface area contributed by atoms with Crippen LogP contribution < -0.4 is 9.22 Å². The molecule has 0 aromatic carbocycles. The summed E-state index contributed by atoms with van der Waals surface area (Å²) in [5.74, 6) is -0.323. The first-order valence-corrected chi connectivity index (χ1v) is 3.77. The molecule has 0 saturated carbocycles. The van der Waals surface area contributed by atoms with Gasteiger partial charge in [0.25, 0.3) is 5.91 Å². The van der Waals surface area contributed by atoms with Crippen LogP contribution in [0.15, 0.2) is 4.79 Å². The predicted molar refractivity (Wildman–Crippen MR) is 45.3 cm³/mol. The number of carbonyl (C=O) groups excluding carboxylic acids is 1. The Morgan fingerprint density at radius 2 is 2.45 bits per heavy atom. The second-order valence-corrected chi connectivity index (χ2v) is 2.37. The van der Waals surface area contributed by atoms with Crippen LogP contribution in [0.3, 0.4) is 0 Å². The zero-order valence-electron chi connectivity index (χ0n) is 5.59. The Hall–Kier alpha value is -0.860. The van der Waals surface area contributed by atoms with E-state index in [1.165, 1.54) is 11.7 Å². The summed E-state index contributed by atoms with van der Waals surface area (Å²) in [4.78, 5) is 24.9. The highest BCUT2D eigenvalue weighted by Crippen LogP contribution is 1.88. The van der Waals surface area contributed by atoms with Crippen molar-refractivity contribution in [2.75, 3.05) is 0 Å². The van der Waals surface area contributed by atoms with Gasteiger partial charge in [0.2, 0.25) is 5.82 Å². The molecule has 0 bridgehead atoms. The summed E-state index contributed by atoms with van der Waals surface area (Å²) in [6, 6.07) is 0. The van der Waals surface area contributed by atoms with Crippen LogP contribution in [0.1, 0.15) is 10.6 Å². The SMILES string of the molecule is Cn1[nH]c(=O)nc1C(=O)NI. The highest BCUT2D eigenvalue weighted by molar-refractivity contribution is 14.1. The summed E-state index contributed by atoms with van der Waals surface area (Å²) < 4.78 is 3.58. The van der Waals surface area contributed by atoms with Crippen LogP contribution in [0.5, 0.6) is 0 Å². The van der Waals surface area contributed by atoms with Crippen LogP contribution in [-0.2, 0) is 7.05 Å². The third-order valence-electron chi connectivity index (χ3n) is 1.08. The maximum atomic E-state index is 10.9. The standard InChI is InChI=1S/C4H5IN4O2/c1-9-2(3(10)7-5)6-4(11)8-9/h1H3,(H,7,10)(H,8,11). The van der Waals surface area contributed by atoms with Crippen LogP contribution in [0.2, 0.25) is 0 Å². The number of H-pyrrole nitrogens is 1. The lowest BCUT2D eigenvalue weighted by Crippen LogP contribution is -2.17. The molecule has 60 valence electrons. The monoisotopic (exact) mass is 268 g/mol. The number of halogens is 1. The van der Waals surface area contributed by atoms with Gasteiger partial charge in [-0.25, -0.2) is 9.89 Å². The lowest BCUT2D eigenvalue weighted by Gasteiger charge is -1.94. The van der Waals surface area contributed by atoms with Gasteiger partial charge in [-0.3, -0.25) is 13.0 Å². The van der Waals surface area contributed by atoms with Crippen molar-refractivity contribution in [3.05, 3.63) is 16.3 Å². The normalized spacial score (nSPS) is 9.64. The van der Waals surface area contributed by atoms with Crippen LogP contribution >= 0.6 is 22.9 Å². The van der Waals surface area contributed by atoms with E-state index in [9.17, 15) is 9.59 Å². The van der Waals surface area contributed by atoms with Gasteiger partial charge in [-0.05, 0) is 0 Å². The molecule has 0 atom stereocenters. The number of aromatic amines is 1. The molecule has 1 amide bonds. The van der Waals surface area contributed by atoms with Crippen molar-refractivity contribution < 1.29 is 4.79 Å². The van der Waals surface area contributed by atoms with Crippen molar-refractivity contribution >= 4 is 28.8 Å². The molecule has 0 unspecified atom stereocenters. The van der Waals surface area contributed by atoms with E-state index in [0.717, 1.165) is 0 Å². The molecule has 0 saturated heterocycles. The molecule has 1 rings (SSSR count). The van der Waals surface area contributed by atoms with Crippen molar-refractivity contribution in [1.29, 1.82) is 0 Å². The fourth-order valence-electron chi connectivity index (χ4n) is 0.638. The lowest BCUT2D eigenvalue weighted by atomic mass is 10.6. The average Bonchev–Trinajstić information content (AvgIpc) is 2.28. The van der Waals surface area contributed by atoms with Gasteiger partial charge < -0.3 is 0 Å². The minimum atomic E-state index is -0.525. The van der Waals surface area contributed by atoms with Gasteiger partial charge in [0, 0.05) is 7.05 Å². The van der Waals surface area contributed by atoms with Gasteiger partial charge in [0.05, 0.1) is 22.9 Å². The molecule has 0 radical (unpaired) electrons. The quantitative estimate of drug-likeness (QED) is 0.516. The Labute approximate surface area is 75.5 Å². The summed E-state index contributed by atoms with van der Waals surface area (Å²) in [6.07, 6.45) is 0. The van der Waals surface area contributed by atoms with Crippen molar-refractivity contribution in [2.45, 2.75) is 0 Å². The first-order valence-electron chi connectivity index (χ1n) is 2.69. The van der Waals surface area contributed by atoms with E-state index in [0.29, 0.717) is 0 Å². The molecular weight excluding hydrogens is 263 g/mol. The number of rotatable bonds is 1. The largest absolute Gasteiger partial charge is 0.361 e. The zero-order chi connectivity index (χ0) is 8.43. The molecule has 7 heteroatoms. The Morgan fingerprint density at radius 1 is 1.82 bits per heavy atom. The van der Waals surface area contributed by atoms with Crippen LogP contribution in [-0.4, -0.2) is 20.7 Å². The number of hydrogen-bond acceptors (Lipinski definition) is 3. The smallest absolute Gasteiger partial charge is 0.292 e. The van der Waals surface area contributed by atoms with Gasteiger partial charge in [0.15, 0.2) is 0 Å². The number of aromatic nitrogens is 3. The zero-order valence-corrected chi connectivity index (χ0v) is 7.75. The van der Waals surface area contributed by atoms with E-state index >= 15 is 0 Å². The highest BCUT2D eigenvalue weighted by Gasteiger charge is 2.10. The molecule has 0 spiro atoms. The average molecular weight is 268 g/mol. The third-order valence-corrected chi connectivity index (χ3v) is 1.57.